The van der Waals surface area contributed by atoms with E-state index in [0.717, 1.165) is 25.7 Å². The van der Waals surface area contributed by atoms with Crippen LogP contribution >= 0.6 is 11.6 Å². The van der Waals surface area contributed by atoms with Crippen molar-refractivity contribution in [2.45, 2.75) is 30.6 Å². The summed E-state index contributed by atoms with van der Waals surface area (Å²) in [6, 6.07) is 6.81. The summed E-state index contributed by atoms with van der Waals surface area (Å²) in [4.78, 5) is 4.48. The molecular weight excluding hydrogens is 284 g/mol. The van der Waals surface area contributed by atoms with Gasteiger partial charge in [0, 0.05) is 12.4 Å². The molecule has 0 amide bonds. The third-order valence-electron chi connectivity index (χ3n) is 3.04. The average Bonchev–Trinajstić information content (AvgIpc) is 2.41. The predicted molar refractivity (Wildman–Crippen MR) is 77.7 cm³/mol. The van der Waals surface area contributed by atoms with E-state index in [1.807, 2.05) is 0 Å². The number of unbranched alkanes of at least 4 members (excludes halogenated alkanes) is 3. The predicted octanol–water partition coefficient (Wildman–Crippen LogP) is 3.15. The second-order valence-electron chi connectivity index (χ2n) is 4.43. The van der Waals surface area contributed by atoms with Crippen molar-refractivity contribution in [1.29, 1.82) is 0 Å². The Hall–Kier alpha value is -1.07. The fraction of sp³-hybridized carbons (Fsp3) is 0.462. The van der Waals surface area contributed by atoms with Crippen LogP contribution in [0.2, 0.25) is 0 Å². The van der Waals surface area contributed by atoms with Gasteiger partial charge in [0.05, 0.1) is 5.69 Å². The number of alkyl halides is 1. The topological polar surface area (TPSA) is 49.7 Å². The first-order valence-corrected chi connectivity index (χ1v) is 8.35. The van der Waals surface area contributed by atoms with Crippen molar-refractivity contribution in [3.05, 3.63) is 24.3 Å². The van der Waals surface area contributed by atoms with Crippen LogP contribution < -0.4 is 0 Å². The number of hydrogen-bond donors (Lipinski definition) is 0. The van der Waals surface area contributed by atoms with Crippen molar-refractivity contribution in [1.82, 2.24) is 4.31 Å². The molecule has 0 saturated carbocycles. The van der Waals surface area contributed by atoms with Crippen molar-refractivity contribution < 1.29 is 8.42 Å². The normalized spacial score (nSPS) is 16.4. The molecule has 1 aromatic carbocycles. The van der Waals surface area contributed by atoms with Gasteiger partial charge >= 0.3 is 0 Å². The van der Waals surface area contributed by atoms with Crippen LogP contribution in [0.4, 0.5) is 5.69 Å². The standard InChI is InChI=1S/C13H17ClN2O2S/c14-9-5-1-2-6-10-16-11-15-12-7-3-4-8-13(12)19(16,17)18/h3-4,7-8,11H,1-2,5-6,9-10H2. The average molecular weight is 301 g/mol. The van der Waals surface area contributed by atoms with Gasteiger partial charge in [-0.05, 0) is 25.0 Å². The molecule has 0 saturated heterocycles. The number of para-hydroxylation sites is 1. The van der Waals surface area contributed by atoms with E-state index in [2.05, 4.69) is 4.99 Å². The highest BCUT2D eigenvalue weighted by molar-refractivity contribution is 7.89. The van der Waals surface area contributed by atoms with Gasteiger partial charge < -0.3 is 0 Å². The molecule has 104 valence electrons. The zero-order valence-corrected chi connectivity index (χ0v) is 12.2. The van der Waals surface area contributed by atoms with E-state index in [9.17, 15) is 8.42 Å². The van der Waals surface area contributed by atoms with Gasteiger partial charge in [-0.2, -0.15) is 0 Å². The maximum Gasteiger partial charge on any atom is 0.267 e. The molecule has 19 heavy (non-hydrogen) atoms. The molecule has 1 aliphatic rings. The Morgan fingerprint density at radius 3 is 2.63 bits per heavy atom. The first-order valence-electron chi connectivity index (χ1n) is 6.37. The highest BCUT2D eigenvalue weighted by Crippen LogP contribution is 2.29. The quantitative estimate of drug-likeness (QED) is 0.598. The van der Waals surface area contributed by atoms with E-state index in [4.69, 9.17) is 11.6 Å². The van der Waals surface area contributed by atoms with E-state index in [-0.39, 0.29) is 0 Å². The molecule has 0 radical (unpaired) electrons. The second-order valence-corrected chi connectivity index (χ2v) is 6.67. The van der Waals surface area contributed by atoms with Crippen LogP contribution in [0.15, 0.2) is 34.2 Å². The summed E-state index contributed by atoms with van der Waals surface area (Å²) >= 11 is 5.60. The van der Waals surface area contributed by atoms with E-state index < -0.39 is 10.0 Å². The molecule has 0 aliphatic carbocycles. The maximum atomic E-state index is 12.3. The lowest BCUT2D eigenvalue weighted by Gasteiger charge is -2.23. The molecule has 2 rings (SSSR count). The lowest BCUT2D eigenvalue weighted by atomic mass is 10.2. The molecule has 6 heteroatoms. The van der Waals surface area contributed by atoms with Gasteiger partial charge in [0.15, 0.2) is 0 Å². The van der Waals surface area contributed by atoms with Crippen molar-refractivity contribution >= 4 is 33.7 Å². The first kappa shape index (κ1) is 14.3. The second kappa shape index (κ2) is 6.39. The molecule has 0 aromatic heterocycles. The molecule has 0 bridgehead atoms. The molecule has 0 atom stereocenters. The van der Waals surface area contributed by atoms with E-state index in [1.54, 1.807) is 24.3 Å². The number of fused-ring (bicyclic) bond motifs is 1. The number of benzene rings is 1. The van der Waals surface area contributed by atoms with Gasteiger partial charge in [0.25, 0.3) is 10.0 Å². The molecule has 0 unspecified atom stereocenters. The van der Waals surface area contributed by atoms with Crippen LogP contribution in [0.25, 0.3) is 0 Å². The minimum Gasteiger partial charge on any atom is -0.256 e. The van der Waals surface area contributed by atoms with E-state index in [0.29, 0.717) is 23.0 Å². The Balaban J connectivity index is 2.01. The van der Waals surface area contributed by atoms with Crippen LogP contribution in [0.5, 0.6) is 0 Å². The molecular formula is C13H17ClN2O2S. The van der Waals surface area contributed by atoms with Crippen molar-refractivity contribution in [3.63, 3.8) is 0 Å². The summed E-state index contributed by atoms with van der Waals surface area (Å²) in [5, 5.41) is 0. The Kier molecular flexibility index (Phi) is 4.82. The number of halogens is 1. The fourth-order valence-corrected chi connectivity index (χ4v) is 3.61. The monoisotopic (exact) mass is 300 g/mol. The van der Waals surface area contributed by atoms with Gasteiger partial charge in [-0.1, -0.05) is 25.0 Å². The number of sulfonamides is 1. The first-order chi connectivity index (χ1) is 9.16. The molecule has 0 spiro atoms. The summed E-state index contributed by atoms with van der Waals surface area (Å²) in [5.74, 6) is 0.664. The molecule has 0 fully saturated rings. The maximum absolute atomic E-state index is 12.3. The highest BCUT2D eigenvalue weighted by Gasteiger charge is 2.27. The zero-order chi connectivity index (χ0) is 13.7. The minimum atomic E-state index is -3.42. The fourth-order valence-electron chi connectivity index (χ4n) is 1.99. The Morgan fingerprint density at radius 1 is 1.11 bits per heavy atom. The molecule has 0 N–H and O–H groups in total. The van der Waals surface area contributed by atoms with Crippen LogP contribution in [0.3, 0.4) is 0 Å². The SMILES string of the molecule is O=S1(=O)c2ccccc2N=CN1CCCCCCCl. The van der Waals surface area contributed by atoms with Crippen molar-refractivity contribution in [3.8, 4) is 0 Å². The van der Waals surface area contributed by atoms with Gasteiger partial charge in [-0.25, -0.2) is 13.4 Å². The van der Waals surface area contributed by atoms with Crippen LogP contribution in [-0.4, -0.2) is 31.5 Å². The van der Waals surface area contributed by atoms with Crippen LogP contribution in [0.1, 0.15) is 25.7 Å². The van der Waals surface area contributed by atoms with Crippen LogP contribution in [-0.2, 0) is 10.0 Å². The van der Waals surface area contributed by atoms with Gasteiger partial charge in [0.1, 0.15) is 11.2 Å². The Morgan fingerprint density at radius 2 is 1.84 bits per heavy atom. The Labute approximate surface area is 119 Å². The largest absolute Gasteiger partial charge is 0.267 e. The third-order valence-corrected chi connectivity index (χ3v) is 5.10. The van der Waals surface area contributed by atoms with Gasteiger partial charge in [0.2, 0.25) is 0 Å². The lowest BCUT2D eigenvalue weighted by molar-refractivity contribution is 0.504. The van der Waals surface area contributed by atoms with Crippen LogP contribution in [0, 0.1) is 0 Å². The van der Waals surface area contributed by atoms with Gasteiger partial charge in [-0.3, -0.25) is 4.31 Å². The summed E-state index contributed by atoms with van der Waals surface area (Å²) in [7, 11) is -3.42. The summed E-state index contributed by atoms with van der Waals surface area (Å²) in [6.07, 6.45) is 5.23. The van der Waals surface area contributed by atoms with E-state index >= 15 is 0 Å². The summed E-state index contributed by atoms with van der Waals surface area (Å²) in [5.41, 5.74) is 0.515. The number of rotatable bonds is 6. The molecule has 1 aromatic rings. The van der Waals surface area contributed by atoms with E-state index in [1.165, 1.54) is 10.6 Å². The summed E-state index contributed by atoms with van der Waals surface area (Å²) < 4.78 is 26.0. The third kappa shape index (κ3) is 3.28. The minimum absolute atomic E-state index is 0.290. The number of nitrogens with zero attached hydrogens (tertiary/aromatic N) is 2. The lowest BCUT2D eigenvalue weighted by Crippen LogP contribution is -2.32. The number of aliphatic imine (C=N–C) groups is 1. The zero-order valence-electron chi connectivity index (χ0n) is 10.6. The highest BCUT2D eigenvalue weighted by atomic mass is 35.5. The summed E-state index contributed by atoms with van der Waals surface area (Å²) in [6.45, 7) is 0.475. The van der Waals surface area contributed by atoms with Crippen molar-refractivity contribution in [2.75, 3.05) is 12.4 Å². The van der Waals surface area contributed by atoms with Crippen molar-refractivity contribution in [2.24, 2.45) is 4.99 Å². The molecule has 4 nitrogen and oxygen atoms in total. The molecule has 1 aliphatic heterocycles. The number of hydrogen-bond acceptors (Lipinski definition) is 3. The Bertz CT molecular complexity index is 558. The molecule has 1 heterocycles. The smallest absolute Gasteiger partial charge is 0.256 e. The van der Waals surface area contributed by atoms with Gasteiger partial charge in [-0.15, -0.1) is 11.6 Å².